The van der Waals surface area contributed by atoms with Gasteiger partial charge in [0.15, 0.2) is 11.0 Å². The molecule has 1 saturated carbocycles. The monoisotopic (exact) mass is 634 g/mol. The average molecular weight is 635 g/mol. The second kappa shape index (κ2) is 12.2. The molecule has 45 heavy (non-hydrogen) atoms. The van der Waals surface area contributed by atoms with Crippen molar-refractivity contribution in [3.8, 4) is 22.8 Å². The van der Waals surface area contributed by atoms with Crippen molar-refractivity contribution in [2.24, 2.45) is 4.99 Å². The fourth-order valence-electron chi connectivity index (χ4n) is 5.44. The highest BCUT2D eigenvalue weighted by molar-refractivity contribution is 8.14. The number of carbonyl (C=O) groups is 1. The number of hydrogen-bond donors (Lipinski definition) is 1. The fourth-order valence-corrected chi connectivity index (χ4v) is 6.39. The van der Waals surface area contributed by atoms with Gasteiger partial charge >= 0.3 is 12.4 Å². The molecule has 6 rings (SSSR count). The predicted octanol–water partition coefficient (Wildman–Crippen LogP) is 7.96. The summed E-state index contributed by atoms with van der Waals surface area (Å²) in [4.78, 5) is 24.4. The number of halogens is 3. The second-order valence-corrected chi connectivity index (χ2v) is 12.7. The molecule has 2 amide bonds. The first-order valence-corrected chi connectivity index (χ1v) is 15.8. The molecule has 0 atom stereocenters. The molecule has 0 unspecified atom stereocenters. The molecule has 4 aromatic rings. The molecule has 8 nitrogen and oxygen atoms in total. The number of alkyl halides is 3. The number of aryl methyl sites for hydroxylation is 1. The molecule has 1 N–H and O–H groups in total. The SMILES string of the molecule is Cc1ccc(C(C)C)c(N2CCCS/C2=N\C(=O)NC2(c3ccc(-c4ncn(-c5ccc(OC(F)(F)F)cc5)n4)cc3)CC2)c1. The minimum Gasteiger partial charge on any atom is -0.406 e. The van der Waals surface area contributed by atoms with E-state index in [9.17, 15) is 18.0 Å². The van der Waals surface area contributed by atoms with Crippen LogP contribution >= 0.6 is 11.8 Å². The van der Waals surface area contributed by atoms with Crippen LogP contribution in [0.1, 0.15) is 55.7 Å². The van der Waals surface area contributed by atoms with Gasteiger partial charge in [0.05, 0.1) is 11.2 Å². The van der Waals surface area contributed by atoms with Crippen LogP contribution in [0.15, 0.2) is 78.0 Å². The summed E-state index contributed by atoms with van der Waals surface area (Å²) in [6.07, 6.45) is -0.605. The van der Waals surface area contributed by atoms with Gasteiger partial charge < -0.3 is 15.0 Å². The topological polar surface area (TPSA) is 84.6 Å². The molecular formula is C33H33F3N6O2S. The third-order valence-corrected chi connectivity index (χ3v) is 8.97. The summed E-state index contributed by atoms with van der Waals surface area (Å²) in [5, 5.41) is 8.37. The fraction of sp³-hybridized carbons (Fsp3) is 0.333. The highest BCUT2D eigenvalue weighted by Gasteiger charge is 2.46. The first-order chi connectivity index (χ1) is 21.5. The van der Waals surface area contributed by atoms with E-state index in [1.54, 1.807) is 11.8 Å². The Kier molecular flexibility index (Phi) is 8.34. The lowest BCUT2D eigenvalue weighted by Crippen LogP contribution is -2.38. The molecule has 234 valence electrons. The number of amidine groups is 1. The molecule has 1 aliphatic heterocycles. The highest BCUT2D eigenvalue weighted by Crippen LogP contribution is 2.46. The van der Waals surface area contributed by atoms with E-state index in [0.717, 1.165) is 53.5 Å². The van der Waals surface area contributed by atoms with E-state index in [1.165, 1.54) is 46.4 Å². The molecular weight excluding hydrogens is 601 g/mol. The van der Waals surface area contributed by atoms with Crippen molar-refractivity contribution in [3.05, 3.63) is 89.7 Å². The number of anilines is 1. The maximum atomic E-state index is 13.3. The second-order valence-electron chi connectivity index (χ2n) is 11.6. The van der Waals surface area contributed by atoms with Crippen molar-refractivity contribution < 1.29 is 22.7 Å². The number of urea groups is 1. The van der Waals surface area contributed by atoms with Crippen LogP contribution in [0, 0.1) is 6.92 Å². The zero-order valence-electron chi connectivity index (χ0n) is 25.1. The zero-order valence-corrected chi connectivity index (χ0v) is 26.0. The number of thioether (sulfide) groups is 1. The van der Waals surface area contributed by atoms with E-state index in [1.807, 2.05) is 24.3 Å². The van der Waals surface area contributed by atoms with E-state index in [-0.39, 0.29) is 11.8 Å². The Bertz CT molecular complexity index is 1710. The van der Waals surface area contributed by atoms with Crippen molar-refractivity contribution in [2.75, 3.05) is 17.2 Å². The molecule has 2 heterocycles. The van der Waals surface area contributed by atoms with Crippen molar-refractivity contribution in [1.82, 2.24) is 20.1 Å². The van der Waals surface area contributed by atoms with Crippen molar-refractivity contribution in [1.29, 1.82) is 0 Å². The number of nitrogens with zero attached hydrogens (tertiary/aromatic N) is 5. The Hall–Kier alpha value is -4.32. The van der Waals surface area contributed by atoms with E-state index in [4.69, 9.17) is 0 Å². The molecule has 1 aromatic heterocycles. The first kappa shape index (κ1) is 30.7. The van der Waals surface area contributed by atoms with Crippen LogP contribution in [0.5, 0.6) is 5.75 Å². The number of nitrogens with one attached hydrogen (secondary N) is 1. The maximum absolute atomic E-state index is 13.3. The predicted molar refractivity (Wildman–Crippen MR) is 170 cm³/mol. The van der Waals surface area contributed by atoms with Crippen LogP contribution in [0.25, 0.3) is 17.1 Å². The Morgan fingerprint density at radius 2 is 1.80 bits per heavy atom. The van der Waals surface area contributed by atoms with Crippen molar-refractivity contribution in [3.63, 3.8) is 0 Å². The van der Waals surface area contributed by atoms with Crippen LogP contribution in [-0.2, 0) is 5.54 Å². The van der Waals surface area contributed by atoms with Crippen LogP contribution in [0.4, 0.5) is 23.7 Å². The summed E-state index contributed by atoms with van der Waals surface area (Å²) in [5.41, 5.74) is 5.34. The molecule has 2 fully saturated rings. The van der Waals surface area contributed by atoms with E-state index in [2.05, 4.69) is 69.0 Å². The van der Waals surface area contributed by atoms with Gasteiger partial charge in [-0.2, -0.15) is 4.99 Å². The molecule has 3 aromatic carbocycles. The summed E-state index contributed by atoms with van der Waals surface area (Å²) in [6, 6.07) is 19.2. The van der Waals surface area contributed by atoms with Gasteiger partial charge in [-0.3, -0.25) is 0 Å². The largest absolute Gasteiger partial charge is 0.573 e. The normalized spacial score (nSPS) is 17.0. The number of aromatic nitrogens is 3. The lowest BCUT2D eigenvalue weighted by molar-refractivity contribution is -0.274. The van der Waals surface area contributed by atoms with Gasteiger partial charge in [0, 0.05) is 23.5 Å². The van der Waals surface area contributed by atoms with Gasteiger partial charge in [-0.25, -0.2) is 14.5 Å². The van der Waals surface area contributed by atoms with Gasteiger partial charge in [0.25, 0.3) is 0 Å². The van der Waals surface area contributed by atoms with E-state index >= 15 is 0 Å². The lowest BCUT2D eigenvalue weighted by Gasteiger charge is -2.32. The smallest absolute Gasteiger partial charge is 0.406 e. The Morgan fingerprint density at radius 3 is 2.47 bits per heavy atom. The molecule has 1 aliphatic carbocycles. The summed E-state index contributed by atoms with van der Waals surface area (Å²) in [7, 11) is 0. The zero-order chi connectivity index (χ0) is 31.8. The summed E-state index contributed by atoms with van der Waals surface area (Å²) in [6.45, 7) is 7.25. The minimum absolute atomic E-state index is 0.309. The van der Waals surface area contributed by atoms with Crippen LogP contribution < -0.4 is 15.0 Å². The van der Waals surface area contributed by atoms with Gasteiger partial charge in [0.1, 0.15) is 12.1 Å². The van der Waals surface area contributed by atoms with Crippen molar-refractivity contribution in [2.45, 2.75) is 57.9 Å². The Labute approximate surface area is 263 Å². The molecule has 12 heteroatoms. The number of carbonyl (C=O) groups excluding carboxylic acids is 1. The van der Waals surface area contributed by atoms with E-state index < -0.39 is 11.9 Å². The summed E-state index contributed by atoms with van der Waals surface area (Å²) in [5.74, 6) is 1.41. The van der Waals surface area contributed by atoms with Gasteiger partial charge in [0.2, 0.25) is 0 Å². The first-order valence-electron chi connectivity index (χ1n) is 14.8. The number of rotatable bonds is 7. The summed E-state index contributed by atoms with van der Waals surface area (Å²) < 4.78 is 42.8. The summed E-state index contributed by atoms with van der Waals surface area (Å²) >= 11 is 1.61. The number of amides is 2. The van der Waals surface area contributed by atoms with Gasteiger partial charge in [-0.15, -0.1) is 18.3 Å². The standard InChI is InChI=1S/C33H33F3N6O2S/c1-21(2)27-14-5-22(3)19-28(27)41-17-4-18-45-31(41)38-30(43)39-32(15-16-32)24-8-6-23(7-9-24)29-37-20-42(40-29)25-10-12-26(13-11-25)44-33(34,35)36/h5-14,19-21H,4,15-18H2,1-3H3,(H,39,43)/b38-31-. The van der Waals surface area contributed by atoms with Crippen LogP contribution in [0.3, 0.4) is 0 Å². The minimum atomic E-state index is -4.75. The lowest BCUT2D eigenvalue weighted by atomic mass is 9.98. The van der Waals surface area contributed by atoms with Gasteiger partial charge in [-0.1, -0.05) is 62.0 Å². The molecule has 0 bridgehead atoms. The number of benzene rings is 3. The Balaban J connectivity index is 1.15. The molecule has 1 saturated heterocycles. The number of hydrogen-bond acceptors (Lipinski definition) is 5. The molecule has 0 spiro atoms. The van der Waals surface area contributed by atoms with E-state index in [0.29, 0.717) is 17.4 Å². The third kappa shape index (κ3) is 7.00. The molecule has 2 aliphatic rings. The number of ether oxygens (including phenoxy) is 1. The van der Waals surface area contributed by atoms with Gasteiger partial charge in [-0.05, 0) is 79.1 Å². The van der Waals surface area contributed by atoms with Crippen molar-refractivity contribution >= 4 is 28.6 Å². The maximum Gasteiger partial charge on any atom is 0.573 e. The third-order valence-electron chi connectivity index (χ3n) is 7.90. The van der Waals surface area contributed by atoms with Crippen LogP contribution in [0.2, 0.25) is 0 Å². The highest BCUT2D eigenvalue weighted by atomic mass is 32.2. The quantitative estimate of drug-likeness (QED) is 0.222. The van der Waals surface area contributed by atoms with Crippen LogP contribution in [-0.4, -0.2) is 44.6 Å². The Morgan fingerprint density at radius 1 is 1.07 bits per heavy atom. The number of aliphatic imine (C=N–C) groups is 1. The average Bonchev–Trinajstić information content (AvgIpc) is 3.60. The molecule has 0 radical (unpaired) electrons.